The first-order chi connectivity index (χ1) is 22.8. The van der Waals surface area contributed by atoms with E-state index in [2.05, 4.69) is 5.32 Å². The van der Waals surface area contributed by atoms with E-state index < -0.39 is 28.5 Å². The largest absolute Gasteiger partial charge is 0.352 e. The smallest absolute Gasteiger partial charge is 0.264 e. The fourth-order valence-corrected chi connectivity index (χ4v) is 7.83. The van der Waals surface area contributed by atoms with E-state index in [4.69, 9.17) is 0 Å². The lowest BCUT2D eigenvalue weighted by Crippen LogP contribution is -2.55. The molecular formula is C39H45N3O4S. The highest BCUT2D eigenvalue weighted by Gasteiger charge is 2.36. The maximum absolute atomic E-state index is 14.8. The average molecular weight is 652 g/mol. The van der Waals surface area contributed by atoms with Crippen molar-refractivity contribution in [2.24, 2.45) is 0 Å². The summed E-state index contributed by atoms with van der Waals surface area (Å²) in [6.07, 6.45) is 5.97. The van der Waals surface area contributed by atoms with Crippen LogP contribution in [0, 0.1) is 6.92 Å². The third-order valence-corrected chi connectivity index (χ3v) is 10.8. The Bertz CT molecular complexity index is 1740. The highest BCUT2D eigenvalue weighted by molar-refractivity contribution is 7.92. The first-order valence-corrected chi connectivity index (χ1v) is 18.1. The molecule has 0 aromatic heterocycles. The predicted octanol–water partition coefficient (Wildman–Crippen LogP) is 6.84. The minimum Gasteiger partial charge on any atom is -0.352 e. The Morgan fingerprint density at radius 1 is 0.787 bits per heavy atom. The number of para-hydroxylation sites is 1. The summed E-state index contributed by atoms with van der Waals surface area (Å²) in [5.74, 6) is -0.660. The molecule has 0 unspecified atom stereocenters. The molecule has 1 fully saturated rings. The van der Waals surface area contributed by atoms with Crippen LogP contribution in [0.25, 0.3) is 0 Å². The van der Waals surface area contributed by atoms with Crippen LogP contribution in [0.1, 0.15) is 61.3 Å². The normalized spacial score (nSPS) is 14.3. The molecule has 0 bridgehead atoms. The molecule has 5 rings (SSSR count). The highest BCUT2D eigenvalue weighted by atomic mass is 32.2. The van der Waals surface area contributed by atoms with Crippen molar-refractivity contribution in [3.63, 3.8) is 0 Å². The van der Waals surface area contributed by atoms with E-state index in [0.717, 1.165) is 54.4 Å². The topological polar surface area (TPSA) is 86.8 Å². The van der Waals surface area contributed by atoms with E-state index in [1.807, 2.05) is 80.6 Å². The number of benzene rings is 4. The van der Waals surface area contributed by atoms with E-state index in [1.165, 1.54) is 4.31 Å². The summed E-state index contributed by atoms with van der Waals surface area (Å²) in [4.78, 5) is 30.8. The van der Waals surface area contributed by atoms with Crippen molar-refractivity contribution in [2.45, 2.75) is 82.3 Å². The number of sulfonamides is 1. The van der Waals surface area contributed by atoms with Gasteiger partial charge in [0.2, 0.25) is 11.8 Å². The molecule has 1 saturated carbocycles. The maximum atomic E-state index is 14.8. The molecule has 47 heavy (non-hydrogen) atoms. The number of anilines is 1. The van der Waals surface area contributed by atoms with Crippen molar-refractivity contribution in [2.75, 3.05) is 10.8 Å². The number of hydrogen-bond donors (Lipinski definition) is 1. The fraction of sp³-hybridized carbons (Fsp3) is 0.333. The second kappa shape index (κ2) is 15.9. The van der Waals surface area contributed by atoms with Crippen LogP contribution in [0.5, 0.6) is 0 Å². The molecule has 1 atom stereocenters. The Kier molecular flexibility index (Phi) is 11.5. The minimum atomic E-state index is -4.14. The lowest BCUT2D eigenvalue weighted by atomic mass is 9.94. The Labute approximate surface area is 279 Å². The average Bonchev–Trinajstić information content (AvgIpc) is 3.10. The van der Waals surface area contributed by atoms with Crippen LogP contribution in [0.4, 0.5) is 5.69 Å². The van der Waals surface area contributed by atoms with Crippen molar-refractivity contribution >= 4 is 27.5 Å². The summed E-state index contributed by atoms with van der Waals surface area (Å²) in [7, 11) is -4.14. The maximum Gasteiger partial charge on any atom is 0.264 e. The zero-order chi connectivity index (χ0) is 33.2. The Balaban J connectivity index is 1.58. The summed E-state index contributed by atoms with van der Waals surface area (Å²) in [5, 5.41) is 3.27. The van der Waals surface area contributed by atoms with Crippen molar-refractivity contribution in [3.8, 4) is 0 Å². The molecule has 8 heteroatoms. The molecule has 1 aliphatic rings. The minimum absolute atomic E-state index is 0.0522. The van der Waals surface area contributed by atoms with E-state index >= 15 is 0 Å². The van der Waals surface area contributed by atoms with E-state index in [0.29, 0.717) is 18.5 Å². The van der Waals surface area contributed by atoms with Crippen molar-refractivity contribution < 1.29 is 18.0 Å². The van der Waals surface area contributed by atoms with Gasteiger partial charge in [0.15, 0.2) is 0 Å². The van der Waals surface area contributed by atoms with Gasteiger partial charge in [-0.1, -0.05) is 117 Å². The second-order valence-corrected chi connectivity index (χ2v) is 14.2. The fourth-order valence-electron chi connectivity index (χ4n) is 6.36. The summed E-state index contributed by atoms with van der Waals surface area (Å²) in [5.41, 5.74) is 4.07. The first kappa shape index (κ1) is 33.9. The molecule has 7 nitrogen and oxygen atoms in total. The second-order valence-electron chi connectivity index (χ2n) is 12.3. The van der Waals surface area contributed by atoms with Gasteiger partial charge in [0, 0.05) is 19.0 Å². The highest BCUT2D eigenvalue weighted by Crippen LogP contribution is 2.29. The van der Waals surface area contributed by atoms with Crippen LogP contribution in [0.2, 0.25) is 0 Å². The van der Waals surface area contributed by atoms with E-state index in [9.17, 15) is 18.0 Å². The van der Waals surface area contributed by atoms with Gasteiger partial charge in [-0.2, -0.15) is 0 Å². The third kappa shape index (κ3) is 8.49. The van der Waals surface area contributed by atoms with Crippen LogP contribution >= 0.6 is 0 Å². The number of hydrogen-bond acceptors (Lipinski definition) is 4. The van der Waals surface area contributed by atoms with Gasteiger partial charge in [-0.3, -0.25) is 13.9 Å². The van der Waals surface area contributed by atoms with Gasteiger partial charge in [0.25, 0.3) is 10.0 Å². The first-order valence-electron chi connectivity index (χ1n) is 16.6. The summed E-state index contributed by atoms with van der Waals surface area (Å²) in [6, 6.07) is 32.2. The number of amides is 2. The number of aryl methyl sites for hydroxylation is 2. The van der Waals surface area contributed by atoms with E-state index in [1.54, 1.807) is 47.4 Å². The summed E-state index contributed by atoms with van der Waals surface area (Å²) >= 11 is 0. The van der Waals surface area contributed by atoms with Gasteiger partial charge < -0.3 is 10.2 Å². The van der Waals surface area contributed by atoms with Crippen molar-refractivity contribution in [3.05, 3.63) is 131 Å². The van der Waals surface area contributed by atoms with Crippen LogP contribution in [0.3, 0.4) is 0 Å². The predicted molar refractivity (Wildman–Crippen MR) is 187 cm³/mol. The zero-order valence-corrected chi connectivity index (χ0v) is 28.2. The molecule has 2 amide bonds. The summed E-state index contributed by atoms with van der Waals surface area (Å²) < 4.78 is 29.8. The van der Waals surface area contributed by atoms with Gasteiger partial charge in [-0.25, -0.2) is 8.42 Å². The molecule has 4 aromatic carbocycles. The van der Waals surface area contributed by atoms with Crippen LogP contribution in [-0.2, 0) is 39.0 Å². The van der Waals surface area contributed by atoms with Crippen LogP contribution in [0.15, 0.2) is 114 Å². The number of carbonyl (C=O) groups excluding carboxylic acids is 2. The van der Waals surface area contributed by atoms with Crippen LogP contribution in [-0.4, -0.2) is 43.8 Å². The van der Waals surface area contributed by atoms with Gasteiger partial charge in [0.05, 0.1) is 10.6 Å². The molecule has 0 radical (unpaired) electrons. The van der Waals surface area contributed by atoms with Gasteiger partial charge >= 0.3 is 0 Å². The van der Waals surface area contributed by atoms with Gasteiger partial charge in [-0.05, 0) is 66.6 Å². The molecule has 1 aliphatic carbocycles. The lowest BCUT2D eigenvalue weighted by Gasteiger charge is -2.35. The molecule has 0 spiro atoms. The molecule has 4 aromatic rings. The van der Waals surface area contributed by atoms with Crippen molar-refractivity contribution in [1.82, 2.24) is 10.2 Å². The molecule has 0 heterocycles. The number of rotatable bonds is 13. The summed E-state index contributed by atoms with van der Waals surface area (Å²) in [6.45, 7) is 3.65. The number of nitrogens with zero attached hydrogens (tertiary/aromatic N) is 2. The Hall–Kier alpha value is -4.43. The van der Waals surface area contributed by atoms with Gasteiger partial charge in [0.1, 0.15) is 12.6 Å². The Morgan fingerprint density at radius 3 is 2.04 bits per heavy atom. The SMILES string of the molecule is CCc1ccccc1N(CC(=O)N(Cc1ccccc1C)[C@H](Cc1ccccc1)C(=O)NC1CCCCC1)S(=O)(=O)c1ccccc1. The molecule has 0 aliphatic heterocycles. The van der Waals surface area contributed by atoms with Gasteiger partial charge in [-0.15, -0.1) is 0 Å². The lowest BCUT2D eigenvalue weighted by molar-refractivity contribution is -0.140. The Morgan fingerprint density at radius 2 is 1.38 bits per heavy atom. The molecule has 0 saturated heterocycles. The zero-order valence-electron chi connectivity index (χ0n) is 27.3. The van der Waals surface area contributed by atoms with E-state index in [-0.39, 0.29) is 23.4 Å². The van der Waals surface area contributed by atoms with Crippen molar-refractivity contribution in [1.29, 1.82) is 0 Å². The third-order valence-electron chi connectivity index (χ3n) is 9.08. The quantitative estimate of drug-likeness (QED) is 0.172. The molecule has 1 N–H and O–H groups in total. The number of nitrogens with one attached hydrogen (secondary N) is 1. The number of carbonyl (C=O) groups is 2. The molecule has 246 valence electrons. The standard InChI is InChI=1S/C39H45N3O4S/c1-3-32-20-15-16-26-36(32)42(47(45,46)35-24-11-6-12-25-35)29-38(43)41(28-33-21-14-13-17-30(33)2)37(27-31-18-7-4-8-19-31)39(44)40-34-22-9-5-10-23-34/h4,6-8,11-21,24-26,34,37H,3,5,9-10,22-23,27-29H2,1-2H3,(H,40,44)/t37-/m1/s1. The van der Waals surface area contributed by atoms with Crippen LogP contribution < -0.4 is 9.62 Å². The molecular weight excluding hydrogens is 607 g/mol. The monoisotopic (exact) mass is 651 g/mol.